The third-order valence-electron chi connectivity index (χ3n) is 4.20. The topological polar surface area (TPSA) is 0 Å². The molecule has 0 aliphatic carbocycles. The van der Waals surface area contributed by atoms with Gasteiger partial charge in [0.25, 0.3) is 0 Å². The van der Waals surface area contributed by atoms with Gasteiger partial charge in [-0.05, 0) is 45.6 Å². The van der Waals surface area contributed by atoms with Crippen LogP contribution in [0.2, 0.25) is 0 Å². The fourth-order valence-electron chi connectivity index (χ4n) is 2.59. The van der Waals surface area contributed by atoms with E-state index in [1.807, 2.05) is 0 Å². The molecule has 2 rings (SSSR count). The minimum atomic E-state index is 0.565. The zero-order chi connectivity index (χ0) is 15.6. The highest BCUT2D eigenvalue weighted by Crippen LogP contribution is 2.30. The first-order valence-corrected chi connectivity index (χ1v) is 8.13. The van der Waals surface area contributed by atoms with Crippen molar-refractivity contribution in [2.75, 3.05) is 0 Å². The largest absolute Gasteiger partial charge is 0.0614 e. The molecule has 0 bridgehead atoms. The minimum absolute atomic E-state index is 0.565. The SMILES string of the molecule is CC(C)c1cccc(-c2cc(C(C)C)cc(C(C)C)c2)c1. The molecule has 21 heavy (non-hydrogen) atoms. The van der Waals surface area contributed by atoms with Gasteiger partial charge < -0.3 is 0 Å². The van der Waals surface area contributed by atoms with Crippen LogP contribution in [0, 0.1) is 0 Å². The molecule has 0 saturated heterocycles. The van der Waals surface area contributed by atoms with E-state index < -0.39 is 0 Å². The molecule has 0 amide bonds. The van der Waals surface area contributed by atoms with Crippen LogP contribution in [0.5, 0.6) is 0 Å². The average molecular weight is 280 g/mol. The third kappa shape index (κ3) is 3.75. The van der Waals surface area contributed by atoms with Gasteiger partial charge in [0.2, 0.25) is 0 Å². The van der Waals surface area contributed by atoms with E-state index in [0.29, 0.717) is 17.8 Å². The van der Waals surface area contributed by atoms with Crippen LogP contribution < -0.4 is 0 Å². The Bertz CT molecular complexity index is 577. The Hall–Kier alpha value is -1.56. The summed E-state index contributed by atoms with van der Waals surface area (Å²) in [5.74, 6) is 1.70. The summed E-state index contributed by atoms with van der Waals surface area (Å²) in [4.78, 5) is 0. The van der Waals surface area contributed by atoms with Gasteiger partial charge in [-0.3, -0.25) is 0 Å². The van der Waals surface area contributed by atoms with Crippen molar-refractivity contribution in [2.24, 2.45) is 0 Å². The lowest BCUT2D eigenvalue weighted by Gasteiger charge is -2.15. The highest BCUT2D eigenvalue weighted by atomic mass is 14.1. The van der Waals surface area contributed by atoms with E-state index in [2.05, 4.69) is 84.0 Å². The van der Waals surface area contributed by atoms with Crippen LogP contribution in [0.15, 0.2) is 42.5 Å². The molecule has 0 aliphatic rings. The van der Waals surface area contributed by atoms with Crippen molar-refractivity contribution in [3.8, 4) is 11.1 Å². The Morgan fingerprint density at radius 1 is 0.524 bits per heavy atom. The number of hydrogen-bond acceptors (Lipinski definition) is 0. The molecular weight excluding hydrogens is 252 g/mol. The third-order valence-corrected chi connectivity index (χ3v) is 4.20. The second-order valence-electron chi connectivity index (χ2n) is 6.98. The second-order valence-corrected chi connectivity index (χ2v) is 6.98. The molecule has 0 nitrogen and oxygen atoms in total. The summed E-state index contributed by atoms with van der Waals surface area (Å²) in [5.41, 5.74) is 6.98. The highest BCUT2D eigenvalue weighted by molar-refractivity contribution is 5.66. The van der Waals surface area contributed by atoms with Crippen LogP contribution in [-0.4, -0.2) is 0 Å². The lowest BCUT2D eigenvalue weighted by molar-refractivity contribution is 0.834. The van der Waals surface area contributed by atoms with Crippen molar-refractivity contribution in [1.82, 2.24) is 0 Å². The van der Waals surface area contributed by atoms with Crippen LogP contribution in [0.4, 0.5) is 0 Å². The summed E-state index contributed by atoms with van der Waals surface area (Å²) in [6.07, 6.45) is 0. The molecule has 0 aromatic heterocycles. The van der Waals surface area contributed by atoms with E-state index in [9.17, 15) is 0 Å². The first-order valence-electron chi connectivity index (χ1n) is 8.13. The van der Waals surface area contributed by atoms with Gasteiger partial charge in [-0.15, -0.1) is 0 Å². The summed E-state index contributed by atoms with van der Waals surface area (Å²) in [6.45, 7) is 13.6. The van der Waals surface area contributed by atoms with Gasteiger partial charge in [-0.2, -0.15) is 0 Å². The fraction of sp³-hybridized carbons (Fsp3) is 0.429. The quantitative estimate of drug-likeness (QED) is 0.583. The van der Waals surface area contributed by atoms with Crippen molar-refractivity contribution in [3.05, 3.63) is 59.2 Å². The van der Waals surface area contributed by atoms with Gasteiger partial charge in [-0.1, -0.05) is 84.0 Å². The van der Waals surface area contributed by atoms with Crippen LogP contribution in [-0.2, 0) is 0 Å². The Kier molecular flexibility index (Phi) is 4.88. The molecule has 0 N–H and O–H groups in total. The Balaban J connectivity index is 2.54. The van der Waals surface area contributed by atoms with Crippen LogP contribution in [0.1, 0.15) is 76.0 Å². The zero-order valence-electron chi connectivity index (χ0n) is 14.3. The Labute approximate surface area is 130 Å². The predicted molar refractivity (Wildman–Crippen MR) is 94.1 cm³/mol. The molecule has 112 valence electrons. The predicted octanol–water partition coefficient (Wildman–Crippen LogP) is 6.72. The fourth-order valence-corrected chi connectivity index (χ4v) is 2.59. The van der Waals surface area contributed by atoms with Crippen molar-refractivity contribution in [1.29, 1.82) is 0 Å². The molecule has 0 heteroatoms. The van der Waals surface area contributed by atoms with Gasteiger partial charge in [0, 0.05) is 0 Å². The van der Waals surface area contributed by atoms with Crippen LogP contribution in [0.25, 0.3) is 11.1 Å². The Morgan fingerprint density at radius 3 is 1.48 bits per heavy atom. The number of hydrogen-bond donors (Lipinski definition) is 0. The maximum atomic E-state index is 2.37. The first-order chi connectivity index (χ1) is 9.88. The molecule has 0 atom stereocenters. The highest BCUT2D eigenvalue weighted by Gasteiger charge is 2.09. The molecule has 0 unspecified atom stereocenters. The lowest BCUT2D eigenvalue weighted by Crippen LogP contribution is -1.95. The molecule has 2 aromatic carbocycles. The molecule has 0 fully saturated rings. The second kappa shape index (κ2) is 6.47. The van der Waals surface area contributed by atoms with E-state index in [4.69, 9.17) is 0 Å². The smallest absolute Gasteiger partial charge is 0.0178 e. The zero-order valence-corrected chi connectivity index (χ0v) is 14.3. The maximum absolute atomic E-state index is 2.37. The summed E-state index contributed by atoms with van der Waals surface area (Å²) in [7, 11) is 0. The molecule has 0 saturated carbocycles. The first kappa shape index (κ1) is 15.8. The maximum Gasteiger partial charge on any atom is -0.0178 e. The average Bonchev–Trinajstić information content (AvgIpc) is 2.46. The molecule has 0 radical (unpaired) electrons. The number of rotatable bonds is 4. The van der Waals surface area contributed by atoms with Gasteiger partial charge in [0.15, 0.2) is 0 Å². The van der Waals surface area contributed by atoms with E-state index in [1.54, 1.807) is 0 Å². The minimum Gasteiger partial charge on any atom is -0.0614 e. The van der Waals surface area contributed by atoms with Crippen molar-refractivity contribution in [3.63, 3.8) is 0 Å². The molecule has 0 heterocycles. The van der Waals surface area contributed by atoms with Crippen LogP contribution in [0.3, 0.4) is 0 Å². The summed E-state index contributed by atoms with van der Waals surface area (Å²) in [5, 5.41) is 0. The normalized spacial score (nSPS) is 11.7. The van der Waals surface area contributed by atoms with Gasteiger partial charge in [-0.25, -0.2) is 0 Å². The number of benzene rings is 2. The molecular formula is C21H28. The van der Waals surface area contributed by atoms with Gasteiger partial charge in [0.1, 0.15) is 0 Å². The van der Waals surface area contributed by atoms with Crippen LogP contribution >= 0.6 is 0 Å². The standard InChI is InChI=1S/C21H28/c1-14(2)17-8-7-9-18(10-17)21-12-19(15(3)4)11-20(13-21)16(5)6/h7-16H,1-6H3. The van der Waals surface area contributed by atoms with Crippen molar-refractivity contribution < 1.29 is 0 Å². The van der Waals surface area contributed by atoms with Crippen molar-refractivity contribution >= 4 is 0 Å². The van der Waals surface area contributed by atoms with E-state index in [1.165, 1.54) is 27.8 Å². The van der Waals surface area contributed by atoms with Gasteiger partial charge in [0.05, 0.1) is 0 Å². The summed E-state index contributed by atoms with van der Waals surface area (Å²) < 4.78 is 0. The van der Waals surface area contributed by atoms with E-state index in [-0.39, 0.29) is 0 Å². The lowest BCUT2D eigenvalue weighted by atomic mass is 9.90. The van der Waals surface area contributed by atoms with E-state index in [0.717, 1.165) is 0 Å². The molecule has 0 spiro atoms. The van der Waals surface area contributed by atoms with Gasteiger partial charge >= 0.3 is 0 Å². The summed E-state index contributed by atoms with van der Waals surface area (Å²) in [6, 6.07) is 16.1. The molecule has 0 aliphatic heterocycles. The van der Waals surface area contributed by atoms with E-state index >= 15 is 0 Å². The summed E-state index contributed by atoms with van der Waals surface area (Å²) >= 11 is 0. The molecule has 2 aromatic rings. The van der Waals surface area contributed by atoms with Crippen molar-refractivity contribution in [2.45, 2.75) is 59.3 Å². The Morgan fingerprint density at radius 2 is 1.00 bits per heavy atom. The monoisotopic (exact) mass is 280 g/mol.